The molecule has 0 aliphatic heterocycles. The number of aliphatic hydroxyl groups is 1. The lowest BCUT2D eigenvalue weighted by Gasteiger charge is -2.29. The molecule has 3 rings (SSSR count). The number of nitrogens with one attached hydrogen (secondary N) is 1. The summed E-state index contributed by atoms with van der Waals surface area (Å²) in [6, 6.07) is 2.71. The fourth-order valence-corrected chi connectivity index (χ4v) is 3.03. The molecule has 0 saturated heterocycles. The number of hydrogen-bond acceptors (Lipinski definition) is 3. The van der Waals surface area contributed by atoms with Crippen LogP contribution in [-0.2, 0) is 4.79 Å². The first-order valence-corrected chi connectivity index (χ1v) is 8.58. The number of rotatable bonds is 6. The maximum atomic E-state index is 13.9. The highest BCUT2D eigenvalue weighted by Gasteiger charge is 2.30. The molecule has 2 aromatic rings. The first kappa shape index (κ1) is 18.3. The summed E-state index contributed by atoms with van der Waals surface area (Å²) in [4.78, 5) is 19.7. The van der Waals surface area contributed by atoms with E-state index in [4.69, 9.17) is 6.57 Å². The average molecular weight is 362 g/mol. The zero-order valence-corrected chi connectivity index (χ0v) is 14.4. The highest BCUT2D eigenvalue weighted by molar-refractivity contribution is 5.92. The number of imidazole rings is 1. The minimum atomic E-state index is -1.71. The van der Waals surface area contributed by atoms with Gasteiger partial charge in [0.2, 0.25) is 17.5 Å². The van der Waals surface area contributed by atoms with Crippen molar-refractivity contribution in [3.05, 3.63) is 29.4 Å². The van der Waals surface area contributed by atoms with Crippen molar-refractivity contribution in [3.63, 3.8) is 0 Å². The summed E-state index contributed by atoms with van der Waals surface area (Å²) in [6.45, 7) is 7.66. The van der Waals surface area contributed by atoms with Gasteiger partial charge in [-0.1, -0.05) is 6.92 Å². The molecule has 1 unspecified atom stereocenters. The van der Waals surface area contributed by atoms with E-state index in [1.54, 1.807) is 11.5 Å². The lowest BCUT2D eigenvalue weighted by Crippen LogP contribution is -2.36. The minimum Gasteiger partial charge on any atom is -0.387 e. The monoisotopic (exact) mass is 362 g/mol. The van der Waals surface area contributed by atoms with Crippen LogP contribution in [0.15, 0.2) is 12.1 Å². The van der Waals surface area contributed by atoms with Crippen LogP contribution in [0.5, 0.6) is 0 Å². The summed E-state index contributed by atoms with van der Waals surface area (Å²) in [6.07, 6.45) is 2.53. The first-order valence-electron chi connectivity index (χ1n) is 8.58. The van der Waals surface area contributed by atoms with E-state index in [-0.39, 0.29) is 24.1 Å². The van der Waals surface area contributed by atoms with Gasteiger partial charge in [-0.05, 0) is 37.8 Å². The Labute approximate surface area is 149 Å². The normalized spacial score (nSPS) is 16.7. The van der Waals surface area contributed by atoms with Crippen molar-refractivity contribution in [1.82, 2.24) is 9.55 Å². The number of halogens is 2. The number of carbonyl (C=O) groups is 1. The number of aromatic nitrogens is 2. The second-order valence-electron chi connectivity index (χ2n) is 6.73. The first-order chi connectivity index (χ1) is 12.4. The summed E-state index contributed by atoms with van der Waals surface area (Å²) in [5.41, 5.74) is -0.892. The number of fused-ring (bicyclic) bond motifs is 1. The quantitative estimate of drug-likeness (QED) is 0.766. The zero-order chi connectivity index (χ0) is 18.9. The van der Waals surface area contributed by atoms with E-state index >= 15 is 0 Å². The Kier molecular flexibility index (Phi) is 4.92. The predicted octanol–water partition coefficient (Wildman–Crippen LogP) is 3.89. The maximum absolute atomic E-state index is 13.9. The molecule has 1 aliphatic carbocycles. The number of nitrogens with zero attached hydrogens (tertiary/aromatic N) is 3. The molecule has 1 fully saturated rings. The lowest BCUT2D eigenvalue weighted by atomic mass is 9.92. The summed E-state index contributed by atoms with van der Waals surface area (Å²) in [7, 11) is 0. The molecule has 0 bridgehead atoms. The van der Waals surface area contributed by atoms with Gasteiger partial charge in [0.25, 0.3) is 0 Å². The van der Waals surface area contributed by atoms with E-state index in [1.807, 2.05) is 0 Å². The van der Waals surface area contributed by atoms with E-state index in [0.717, 1.165) is 19.3 Å². The number of amides is 1. The molecule has 1 aromatic carbocycles. The molecule has 26 heavy (non-hydrogen) atoms. The SMILES string of the molecule is [C-]#[N+]c1cc2c(cc1F)nc(NC(=O)CC(O)(CC)CF)n2C1CCC1. The third-order valence-electron chi connectivity index (χ3n) is 4.97. The lowest BCUT2D eigenvalue weighted by molar-refractivity contribution is -0.122. The number of benzene rings is 1. The van der Waals surface area contributed by atoms with Crippen molar-refractivity contribution in [3.8, 4) is 0 Å². The summed E-state index contributed by atoms with van der Waals surface area (Å²) >= 11 is 0. The molecule has 1 heterocycles. The van der Waals surface area contributed by atoms with E-state index in [0.29, 0.717) is 11.0 Å². The van der Waals surface area contributed by atoms with E-state index in [2.05, 4.69) is 15.1 Å². The summed E-state index contributed by atoms with van der Waals surface area (Å²) in [5.74, 6) is -0.997. The fraction of sp³-hybridized carbons (Fsp3) is 0.500. The minimum absolute atomic E-state index is 0.102. The van der Waals surface area contributed by atoms with Gasteiger partial charge >= 0.3 is 0 Å². The Bertz CT molecular complexity index is 879. The molecule has 6 nitrogen and oxygen atoms in total. The van der Waals surface area contributed by atoms with Crippen molar-refractivity contribution in [2.24, 2.45) is 0 Å². The highest BCUT2D eigenvalue weighted by Crippen LogP contribution is 2.38. The van der Waals surface area contributed by atoms with Gasteiger partial charge in [0.1, 0.15) is 18.1 Å². The van der Waals surface area contributed by atoms with Crippen LogP contribution in [-0.4, -0.2) is 32.8 Å². The zero-order valence-electron chi connectivity index (χ0n) is 14.4. The third-order valence-corrected chi connectivity index (χ3v) is 4.97. The molecular weight excluding hydrogens is 342 g/mol. The summed E-state index contributed by atoms with van der Waals surface area (Å²) in [5, 5.41) is 12.6. The van der Waals surface area contributed by atoms with Crippen LogP contribution in [0.1, 0.15) is 45.1 Å². The largest absolute Gasteiger partial charge is 0.387 e. The van der Waals surface area contributed by atoms with Crippen molar-refractivity contribution in [2.75, 3.05) is 12.0 Å². The van der Waals surface area contributed by atoms with Crippen LogP contribution >= 0.6 is 0 Å². The molecule has 8 heteroatoms. The van der Waals surface area contributed by atoms with Crippen LogP contribution in [0, 0.1) is 12.4 Å². The van der Waals surface area contributed by atoms with E-state index in [9.17, 15) is 18.7 Å². The van der Waals surface area contributed by atoms with Crippen molar-refractivity contribution < 1.29 is 18.7 Å². The van der Waals surface area contributed by atoms with Gasteiger partial charge in [-0.15, -0.1) is 0 Å². The van der Waals surface area contributed by atoms with Crippen LogP contribution < -0.4 is 5.32 Å². The predicted molar refractivity (Wildman–Crippen MR) is 93.3 cm³/mol. The van der Waals surface area contributed by atoms with Crippen LogP contribution in [0.3, 0.4) is 0 Å². The van der Waals surface area contributed by atoms with Gasteiger partial charge < -0.3 is 9.67 Å². The van der Waals surface area contributed by atoms with Gasteiger partial charge in [0.05, 0.1) is 24.0 Å². The van der Waals surface area contributed by atoms with Crippen molar-refractivity contribution in [1.29, 1.82) is 0 Å². The molecule has 2 N–H and O–H groups in total. The van der Waals surface area contributed by atoms with Gasteiger partial charge in [0, 0.05) is 6.04 Å². The topological polar surface area (TPSA) is 71.5 Å². The Morgan fingerprint density at radius 1 is 1.54 bits per heavy atom. The second kappa shape index (κ2) is 7.00. The number of hydrogen-bond donors (Lipinski definition) is 2. The Morgan fingerprint density at radius 3 is 2.81 bits per heavy atom. The smallest absolute Gasteiger partial charge is 0.229 e. The van der Waals surface area contributed by atoms with Gasteiger partial charge in [-0.3, -0.25) is 10.1 Å². The average Bonchev–Trinajstić information content (AvgIpc) is 2.89. The van der Waals surface area contributed by atoms with E-state index in [1.165, 1.54) is 12.1 Å². The highest BCUT2D eigenvalue weighted by atomic mass is 19.1. The molecular formula is C18H20F2N4O2. The van der Waals surface area contributed by atoms with Gasteiger partial charge in [0.15, 0.2) is 0 Å². The molecule has 0 spiro atoms. The Balaban J connectivity index is 1.97. The number of anilines is 1. The fourth-order valence-electron chi connectivity index (χ4n) is 3.03. The van der Waals surface area contributed by atoms with Crippen molar-refractivity contribution in [2.45, 2.75) is 50.7 Å². The maximum Gasteiger partial charge on any atom is 0.229 e. The molecule has 1 atom stereocenters. The molecule has 1 saturated carbocycles. The number of alkyl halides is 1. The summed E-state index contributed by atoms with van der Waals surface area (Å²) < 4.78 is 28.7. The molecule has 1 aromatic heterocycles. The van der Waals surface area contributed by atoms with Crippen LogP contribution in [0.2, 0.25) is 0 Å². The standard InChI is InChI=1S/C18H20F2N4O2/c1-3-18(26,10-19)9-16(25)23-17-22-14-7-12(20)13(21-2)8-15(14)24(17)11-5-4-6-11/h7-8,11,26H,3-6,9-10H2,1H3,(H,22,23,25). The van der Waals surface area contributed by atoms with Gasteiger partial charge in [-0.2, -0.15) is 0 Å². The van der Waals surface area contributed by atoms with E-state index < -0.39 is 30.4 Å². The molecule has 1 amide bonds. The Hall–Kier alpha value is -2.53. The molecule has 138 valence electrons. The number of carbonyl (C=O) groups excluding carboxylic acids is 1. The van der Waals surface area contributed by atoms with Crippen molar-refractivity contribution >= 4 is 28.6 Å². The van der Waals surface area contributed by atoms with Crippen LogP contribution in [0.25, 0.3) is 15.9 Å². The second-order valence-corrected chi connectivity index (χ2v) is 6.73. The molecule has 1 aliphatic rings. The Morgan fingerprint density at radius 2 is 2.27 bits per heavy atom. The molecule has 0 radical (unpaired) electrons. The third kappa shape index (κ3) is 3.27. The van der Waals surface area contributed by atoms with Crippen LogP contribution in [0.4, 0.5) is 20.4 Å². The van der Waals surface area contributed by atoms with Gasteiger partial charge in [-0.25, -0.2) is 18.6 Å².